The summed E-state index contributed by atoms with van der Waals surface area (Å²) in [4.78, 5) is 0. The van der Waals surface area contributed by atoms with Crippen molar-refractivity contribution < 1.29 is 0 Å². The predicted molar refractivity (Wildman–Crippen MR) is 39.1 cm³/mol. The van der Waals surface area contributed by atoms with Gasteiger partial charge in [-0.3, -0.25) is 0 Å². The molecule has 0 fully saturated rings. The maximum Gasteiger partial charge on any atom is 0.0820 e. The van der Waals surface area contributed by atoms with Crippen LogP contribution < -0.4 is 5.84 Å². The van der Waals surface area contributed by atoms with Gasteiger partial charge in [0.2, 0.25) is 0 Å². The number of rotatable bonds is 0. The average Bonchev–Trinajstić information content (AvgIpc) is 1.90. The van der Waals surface area contributed by atoms with Gasteiger partial charge in [0, 0.05) is 0 Å². The highest BCUT2D eigenvalue weighted by Gasteiger charge is 1.97. The Kier molecular flexibility index (Phi) is 1.68. The van der Waals surface area contributed by atoms with E-state index in [1.54, 1.807) is 0 Å². The second-order valence-corrected chi connectivity index (χ2v) is 2.13. The van der Waals surface area contributed by atoms with Gasteiger partial charge in [0.25, 0.3) is 0 Å². The van der Waals surface area contributed by atoms with Crippen molar-refractivity contribution in [1.82, 2.24) is 0 Å². The van der Waals surface area contributed by atoms with E-state index >= 15 is 0 Å². The van der Waals surface area contributed by atoms with E-state index in [-0.39, 0.29) is 0 Å². The molecule has 1 aliphatic carbocycles. The molecule has 0 saturated heterocycles. The minimum Gasteiger partial charge on any atom is -0.323 e. The SMILES string of the molecule is CC1C=CC(=NN)C=C1. The molecule has 0 radical (unpaired) electrons. The Morgan fingerprint density at radius 2 is 2.00 bits per heavy atom. The number of hydrogen-bond acceptors (Lipinski definition) is 2. The fraction of sp³-hybridized carbons (Fsp3) is 0.286. The van der Waals surface area contributed by atoms with E-state index in [2.05, 4.69) is 24.2 Å². The first-order valence-electron chi connectivity index (χ1n) is 2.97. The molecule has 2 heteroatoms. The molecule has 0 amide bonds. The number of nitrogens with two attached hydrogens (primary N) is 1. The van der Waals surface area contributed by atoms with Crippen molar-refractivity contribution in [3.8, 4) is 0 Å². The standard InChI is InChI=1S/C7H10N2/c1-6-2-4-7(9-8)5-3-6/h2-6H,8H2,1H3. The summed E-state index contributed by atoms with van der Waals surface area (Å²) >= 11 is 0. The lowest BCUT2D eigenvalue weighted by atomic mass is 10.1. The Morgan fingerprint density at radius 1 is 1.44 bits per heavy atom. The molecule has 9 heavy (non-hydrogen) atoms. The Bertz CT molecular complexity index is 161. The molecule has 0 unspecified atom stereocenters. The number of nitrogens with zero attached hydrogens (tertiary/aromatic N) is 1. The monoisotopic (exact) mass is 122 g/mol. The lowest BCUT2D eigenvalue weighted by molar-refractivity contribution is 0.936. The molecular formula is C7H10N2. The first-order chi connectivity index (χ1) is 4.33. The van der Waals surface area contributed by atoms with Crippen molar-refractivity contribution in [2.45, 2.75) is 6.92 Å². The van der Waals surface area contributed by atoms with E-state index in [0.29, 0.717) is 5.92 Å². The van der Waals surface area contributed by atoms with Crippen LogP contribution in [0, 0.1) is 5.92 Å². The maximum atomic E-state index is 5.03. The van der Waals surface area contributed by atoms with Crippen LogP contribution in [0.25, 0.3) is 0 Å². The predicted octanol–water partition coefficient (Wildman–Crippen LogP) is 1.06. The van der Waals surface area contributed by atoms with Crippen molar-refractivity contribution in [3.63, 3.8) is 0 Å². The van der Waals surface area contributed by atoms with E-state index in [1.165, 1.54) is 0 Å². The third kappa shape index (κ3) is 1.42. The van der Waals surface area contributed by atoms with Crippen molar-refractivity contribution in [2.24, 2.45) is 16.9 Å². The van der Waals surface area contributed by atoms with Crippen molar-refractivity contribution in [3.05, 3.63) is 24.3 Å². The van der Waals surface area contributed by atoms with Crippen LogP contribution in [0.2, 0.25) is 0 Å². The van der Waals surface area contributed by atoms with Crippen LogP contribution in [0.3, 0.4) is 0 Å². The third-order valence-corrected chi connectivity index (χ3v) is 1.29. The van der Waals surface area contributed by atoms with Gasteiger partial charge in [0.15, 0.2) is 0 Å². The summed E-state index contributed by atoms with van der Waals surface area (Å²) in [6.07, 6.45) is 7.96. The summed E-state index contributed by atoms with van der Waals surface area (Å²) in [7, 11) is 0. The Labute approximate surface area is 54.7 Å². The fourth-order valence-electron chi connectivity index (χ4n) is 0.707. The van der Waals surface area contributed by atoms with Gasteiger partial charge in [-0.15, -0.1) is 0 Å². The van der Waals surface area contributed by atoms with Crippen LogP contribution in [-0.2, 0) is 0 Å². The topological polar surface area (TPSA) is 38.4 Å². The minimum atomic E-state index is 0.524. The second-order valence-electron chi connectivity index (χ2n) is 2.13. The molecule has 1 rings (SSSR count). The zero-order valence-corrected chi connectivity index (χ0v) is 5.41. The lowest BCUT2D eigenvalue weighted by Gasteiger charge is -2.02. The van der Waals surface area contributed by atoms with Gasteiger partial charge in [-0.05, 0) is 18.1 Å². The summed E-state index contributed by atoms with van der Waals surface area (Å²) in [5.41, 5.74) is 0.841. The van der Waals surface area contributed by atoms with Crippen LogP contribution in [0.1, 0.15) is 6.92 Å². The minimum absolute atomic E-state index is 0.524. The summed E-state index contributed by atoms with van der Waals surface area (Å²) in [6.45, 7) is 2.11. The largest absolute Gasteiger partial charge is 0.323 e. The van der Waals surface area contributed by atoms with Gasteiger partial charge in [-0.25, -0.2) is 0 Å². The van der Waals surface area contributed by atoms with Crippen LogP contribution in [0.4, 0.5) is 0 Å². The van der Waals surface area contributed by atoms with Crippen molar-refractivity contribution >= 4 is 5.71 Å². The van der Waals surface area contributed by atoms with E-state index < -0.39 is 0 Å². The normalized spacial score (nSPS) is 24.6. The smallest absolute Gasteiger partial charge is 0.0820 e. The number of hydrogen-bond donors (Lipinski definition) is 1. The molecule has 2 nitrogen and oxygen atoms in total. The van der Waals surface area contributed by atoms with Gasteiger partial charge >= 0.3 is 0 Å². The van der Waals surface area contributed by atoms with Crippen LogP contribution >= 0.6 is 0 Å². The summed E-state index contributed by atoms with van der Waals surface area (Å²) in [5, 5.41) is 3.52. The first kappa shape index (κ1) is 6.08. The van der Waals surface area contributed by atoms with E-state index in [4.69, 9.17) is 5.84 Å². The number of allylic oxidation sites excluding steroid dienone is 4. The van der Waals surface area contributed by atoms with Gasteiger partial charge in [-0.2, -0.15) is 5.10 Å². The first-order valence-corrected chi connectivity index (χ1v) is 2.97. The highest BCUT2D eigenvalue weighted by atomic mass is 15.1. The Balaban J connectivity index is 2.70. The van der Waals surface area contributed by atoms with Gasteiger partial charge in [-0.1, -0.05) is 19.1 Å². The van der Waals surface area contributed by atoms with E-state index in [0.717, 1.165) is 5.71 Å². The number of hydrazone groups is 1. The molecule has 0 saturated carbocycles. The van der Waals surface area contributed by atoms with Gasteiger partial charge < -0.3 is 5.84 Å². The Morgan fingerprint density at radius 3 is 2.44 bits per heavy atom. The Hall–Kier alpha value is -1.05. The molecule has 0 aromatic heterocycles. The zero-order valence-electron chi connectivity index (χ0n) is 5.41. The average molecular weight is 122 g/mol. The molecule has 0 spiro atoms. The van der Waals surface area contributed by atoms with Crippen molar-refractivity contribution in [2.75, 3.05) is 0 Å². The molecule has 1 aliphatic rings. The van der Waals surface area contributed by atoms with Crippen LogP contribution in [0.5, 0.6) is 0 Å². The lowest BCUT2D eigenvalue weighted by Crippen LogP contribution is -1.99. The second kappa shape index (κ2) is 2.49. The summed E-state index contributed by atoms with van der Waals surface area (Å²) < 4.78 is 0. The maximum absolute atomic E-state index is 5.03. The molecule has 0 aliphatic heterocycles. The zero-order chi connectivity index (χ0) is 6.69. The molecule has 2 N–H and O–H groups in total. The molecule has 0 heterocycles. The van der Waals surface area contributed by atoms with Gasteiger partial charge in [0.05, 0.1) is 5.71 Å². The van der Waals surface area contributed by atoms with E-state index in [1.807, 2.05) is 12.2 Å². The highest BCUT2D eigenvalue weighted by molar-refractivity contribution is 6.04. The third-order valence-electron chi connectivity index (χ3n) is 1.29. The molecule has 0 aromatic rings. The molecule has 48 valence electrons. The molecule has 0 bridgehead atoms. The molecule has 0 atom stereocenters. The summed E-state index contributed by atoms with van der Waals surface area (Å²) in [5.74, 6) is 5.56. The highest BCUT2D eigenvalue weighted by Crippen LogP contribution is 2.05. The van der Waals surface area contributed by atoms with Crippen molar-refractivity contribution in [1.29, 1.82) is 0 Å². The fourth-order valence-corrected chi connectivity index (χ4v) is 0.707. The molecule has 0 aromatic carbocycles. The van der Waals surface area contributed by atoms with E-state index in [9.17, 15) is 0 Å². The quantitative estimate of drug-likeness (QED) is 0.378. The molecular weight excluding hydrogens is 112 g/mol. The van der Waals surface area contributed by atoms with Gasteiger partial charge in [0.1, 0.15) is 0 Å². The van der Waals surface area contributed by atoms with Crippen LogP contribution in [-0.4, -0.2) is 5.71 Å². The summed E-state index contributed by atoms with van der Waals surface area (Å²) in [6, 6.07) is 0. The van der Waals surface area contributed by atoms with Crippen LogP contribution in [0.15, 0.2) is 29.4 Å².